The predicted molar refractivity (Wildman–Crippen MR) is 39.2 cm³/mol. The third kappa shape index (κ3) is 1.41. The lowest BCUT2D eigenvalue weighted by Crippen LogP contribution is -2.48. The molecule has 64 valence electrons. The molecule has 2 aliphatic rings. The van der Waals surface area contributed by atoms with Crippen molar-refractivity contribution in [3.05, 3.63) is 0 Å². The van der Waals surface area contributed by atoms with Gasteiger partial charge in [-0.2, -0.15) is 0 Å². The first-order valence-corrected chi connectivity index (χ1v) is 4.19. The van der Waals surface area contributed by atoms with E-state index in [1.54, 1.807) is 0 Å². The SMILES string of the molecule is CC1CCOC2COCOC12. The molecule has 2 rings (SSSR count). The fraction of sp³-hybridized carbons (Fsp3) is 1.00. The van der Waals surface area contributed by atoms with Gasteiger partial charge in [0, 0.05) is 6.61 Å². The van der Waals surface area contributed by atoms with Crippen molar-refractivity contribution < 1.29 is 14.2 Å². The zero-order valence-corrected chi connectivity index (χ0v) is 6.79. The van der Waals surface area contributed by atoms with Crippen LogP contribution in [0.25, 0.3) is 0 Å². The Morgan fingerprint density at radius 3 is 3.00 bits per heavy atom. The van der Waals surface area contributed by atoms with Crippen LogP contribution in [0.2, 0.25) is 0 Å². The minimum atomic E-state index is 0.187. The normalized spacial score (nSPS) is 45.0. The maximum Gasteiger partial charge on any atom is 0.147 e. The van der Waals surface area contributed by atoms with E-state index in [0.717, 1.165) is 13.0 Å². The molecule has 0 amide bonds. The van der Waals surface area contributed by atoms with E-state index in [9.17, 15) is 0 Å². The smallest absolute Gasteiger partial charge is 0.147 e. The summed E-state index contributed by atoms with van der Waals surface area (Å²) in [4.78, 5) is 0. The molecule has 0 N–H and O–H groups in total. The predicted octanol–water partition coefficient (Wildman–Crippen LogP) is 0.784. The molecule has 3 atom stereocenters. The maximum absolute atomic E-state index is 5.50. The van der Waals surface area contributed by atoms with Gasteiger partial charge in [0.15, 0.2) is 0 Å². The molecular weight excluding hydrogens is 144 g/mol. The first-order chi connectivity index (χ1) is 5.38. The average Bonchev–Trinajstić information content (AvgIpc) is 2.06. The quantitative estimate of drug-likeness (QED) is 0.521. The van der Waals surface area contributed by atoms with Crippen molar-refractivity contribution in [1.82, 2.24) is 0 Å². The first kappa shape index (κ1) is 7.53. The van der Waals surface area contributed by atoms with Gasteiger partial charge in [-0.3, -0.25) is 0 Å². The lowest BCUT2D eigenvalue weighted by atomic mass is 9.94. The van der Waals surface area contributed by atoms with Gasteiger partial charge in [0.2, 0.25) is 0 Å². The van der Waals surface area contributed by atoms with Crippen LogP contribution in [-0.2, 0) is 14.2 Å². The van der Waals surface area contributed by atoms with Crippen molar-refractivity contribution in [3.8, 4) is 0 Å². The third-order valence-corrected chi connectivity index (χ3v) is 2.46. The molecule has 0 saturated carbocycles. The van der Waals surface area contributed by atoms with Crippen LogP contribution in [-0.4, -0.2) is 32.2 Å². The molecule has 3 unspecified atom stereocenters. The molecule has 0 spiro atoms. The van der Waals surface area contributed by atoms with E-state index >= 15 is 0 Å². The van der Waals surface area contributed by atoms with Gasteiger partial charge in [0.05, 0.1) is 12.7 Å². The van der Waals surface area contributed by atoms with Crippen LogP contribution in [0.3, 0.4) is 0 Å². The Bertz CT molecular complexity index is 135. The number of hydrogen-bond acceptors (Lipinski definition) is 3. The summed E-state index contributed by atoms with van der Waals surface area (Å²) in [7, 11) is 0. The number of hydrogen-bond donors (Lipinski definition) is 0. The molecule has 0 aliphatic carbocycles. The minimum absolute atomic E-state index is 0.187. The molecule has 2 saturated heterocycles. The molecule has 0 aromatic heterocycles. The van der Waals surface area contributed by atoms with Gasteiger partial charge in [-0.05, 0) is 12.3 Å². The van der Waals surface area contributed by atoms with E-state index in [1.807, 2.05) is 0 Å². The van der Waals surface area contributed by atoms with Gasteiger partial charge in [-0.25, -0.2) is 0 Å². The van der Waals surface area contributed by atoms with Gasteiger partial charge in [0.25, 0.3) is 0 Å². The Balaban J connectivity index is 1.99. The second-order valence-corrected chi connectivity index (χ2v) is 3.30. The van der Waals surface area contributed by atoms with Crippen LogP contribution >= 0.6 is 0 Å². The van der Waals surface area contributed by atoms with Crippen molar-refractivity contribution >= 4 is 0 Å². The Kier molecular flexibility index (Phi) is 2.11. The van der Waals surface area contributed by atoms with Gasteiger partial charge in [0.1, 0.15) is 12.9 Å². The lowest BCUT2D eigenvalue weighted by Gasteiger charge is -2.39. The molecular formula is C8H14O3. The van der Waals surface area contributed by atoms with Crippen LogP contribution in [0.5, 0.6) is 0 Å². The summed E-state index contributed by atoms with van der Waals surface area (Å²) in [5, 5.41) is 0. The van der Waals surface area contributed by atoms with Gasteiger partial charge < -0.3 is 14.2 Å². The van der Waals surface area contributed by atoms with Gasteiger partial charge in [-0.15, -0.1) is 0 Å². The molecule has 2 heterocycles. The summed E-state index contributed by atoms with van der Waals surface area (Å²) in [6, 6.07) is 0. The fourth-order valence-corrected chi connectivity index (χ4v) is 1.74. The highest BCUT2D eigenvalue weighted by atomic mass is 16.7. The highest BCUT2D eigenvalue weighted by Gasteiger charge is 2.34. The summed E-state index contributed by atoms with van der Waals surface area (Å²) >= 11 is 0. The molecule has 0 radical (unpaired) electrons. The number of ether oxygens (including phenoxy) is 3. The van der Waals surface area contributed by atoms with E-state index in [1.165, 1.54) is 0 Å². The lowest BCUT2D eigenvalue weighted by molar-refractivity contribution is -0.238. The third-order valence-electron chi connectivity index (χ3n) is 2.46. The standard InChI is InChI=1S/C8H14O3/c1-6-2-3-10-7-4-9-5-11-8(6)7/h6-8H,2-5H2,1H3. The van der Waals surface area contributed by atoms with Gasteiger partial charge >= 0.3 is 0 Å². The topological polar surface area (TPSA) is 27.7 Å². The van der Waals surface area contributed by atoms with E-state index in [-0.39, 0.29) is 12.2 Å². The molecule has 0 bridgehead atoms. The fourth-order valence-electron chi connectivity index (χ4n) is 1.74. The second-order valence-electron chi connectivity index (χ2n) is 3.30. The van der Waals surface area contributed by atoms with Crippen LogP contribution in [0.1, 0.15) is 13.3 Å². The van der Waals surface area contributed by atoms with Gasteiger partial charge in [-0.1, -0.05) is 6.92 Å². The van der Waals surface area contributed by atoms with Crippen molar-refractivity contribution in [2.45, 2.75) is 25.6 Å². The zero-order chi connectivity index (χ0) is 7.68. The summed E-state index contributed by atoms with van der Waals surface area (Å²) in [6.45, 7) is 4.21. The van der Waals surface area contributed by atoms with Crippen molar-refractivity contribution in [2.75, 3.05) is 20.0 Å². The van der Waals surface area contributed by atoms with Crippen molar-refractivity contribution in [1.29, 1.82) is 0 Å². The Labute approximate surface area is 66.6 Å². The van der Waals surface area contributed by atoms with Crippen molar-refractivity contribution in [3.63, 3.8) is 0 Å². The Morgan fingerprint density at radius 1 is 1.27 bits per heavy atom. The average molecular weight is 158 g/mol. The van der Waals surface area contributed by atoms with Crippen LogP contribution < -0.4 is 0 Å². The van der Waals surface area contributed by atoms with Crippen LogP contribution in [0.15, 0.2) is 0 Å². The molecule has 0 aromatic carbocycles. The molecule has 3 nitrogen and oxygen atoms in total. The minimum Gasteiger partial charge on any atom is -0.373 e. The molecule has 2 fully saturated rings. The Hall–Kier alpha value is -0.120. The first-order valence-electron chi connectivity index (χ1n) is 4.19. The number of rotatable bonds is 0. The van der Waals surface area contributed by atoms with Crippen LogP contribution in [0, 0.1) is 5.92 Å². The van der Waals surface area contributed by atoms with E-state index in [4.69, 9.17) is 14.2 Å². The van der Waals surface area contributed by atoms with Crippen molar-refractivity contribution in [2.24, 2.45) is 5.92 Å². The highest BCUT2D eigenvalue weighted by Crippen LogP contribution is 2.25. The van der Waals surface area contributed by atoms with E-state index in [0.29, 0.717) is 19.3 Å². The largest absolute Gasteiger partial charge is 0.373 e. The Morgan fingerprint density at radius 2 is 2.18 bits per heavy atom. The number of fused-ring (bicyclic) bond motifs is 1. The maximum atomic E-state index is 5.50. The summed E-state index contributed by atoms with van der Waals surface area (Å²) < 4.78 is 16.1. The second kappa shape index (κ2) is 3.09. The molecule has 2 aliphatic heterocycles. The summed E-state index contributed by atoms with van der Waals surface area (Å²) in [5.41, 5.74) is 0. The highest BCUT2D eigenvalue weighted by molar-refractivity contribution is 4.81. The summed E-state index contributed by atoms with van der Waals surface area (Å²) in [6.07, 6.45) is 1.58. The van der Waals surface area contributed by atoms with E-state index in [2.05, 4.69) is 6.92 Å². The zero-order valence-electron chi connectivity index (χ0n) is 6.79. The molecule has 3 heteroatoms. The molecule has 0 aromatic rings. The van der Waals surface area contributed by atoms with E-state index < -0.39 is 0 Å². The van der Waals surface area contributed by atoms with Crippen LogP contribution in [0.4, 0.5) is 0 Å². The molecule has 11 heavy (non-hydrogen) atoms. The summed E-state index contributed by atoms with van der Waals surface area (Å²) in [5.74, 6) is 0.623. The monoisotopic (exact) mass is 158 g/mol.